The molecule has 2 heterocycles. The van der Waals surface area contributed by atoms with Gasteiger partial charge in [0.1, 0.15) is 5.84 Å². The molecule has 1 fully saturated rings. The van der Waals surface area contributed by atoms with E-state index in [2.05, 4.69) is 4.99 Å². The molecule has 2 aliphatic rings. The van der Waals surface area contributed by atoms with Crippen molar-refractivity contribution in [3.8, 4) is 11.1 Å². The van der Waals surface area contributed by atoms with Crippen molar-refractivity contribution >= 4 is 23.5 Å². The molecule has 6 nitrogen and oxygen atoms in total. The Morgan fingerprint density at radius 3 is 2.57 bits per heavy atom. The number of hydrogen-bond acceptors (Lipinski definition) is 5. The monoisotopic (exact) mass is 405 g/mol. The van der Waals surface area contributed by atoms with E-state index < -0.39 is 6.29 Å². The Kier molecular flexibility index (Phi) is 5.97. The summed E-state index contributed by atoms with van der Waals surface area (Å²) in [6.07, 6.45) is 3.42. The van der Waals surface area contributed by atoms with Crippen LogP contribution in [0.1, 0.15) is 42.1 Å². The van der Waals surface area contributed by atoms with E-state index in [-0.39, 0.29) is 5.91 Å². The topological polar surface area (TPSA) is 88.2 Å². The van der Waals surface area contributed by atoms with Gasteiger partial charge in [-0.25, -0.2) is 4.99 Å². The molecule has 30 heavy (non-hydrogen) atoms. The number of amidine groups is 1. The fourth-order valence-electron chi connectivity index (χ4n) is 3.94. The Hall–Kier alpha value is -2.96. The Morgan fingerprint density at radius 1 is 1.17 bits per heavy atom. The molecule has 2 aliphatic heterocycles. The number of carbonyl (C=O) groups is 1. The van der Waals surface area contributed by atoms with Crippen LogP contribution in [0.15, 0.2) is 53.0 Å². The summed E-state index contributed by atoms with van der Waals surface area (Å²) in [6, 6.07) is 13.7. The highest BCUT2D eigenvalue weighted by Crippen LogP contribution is 2.32. The minimum Gasteiger partial charge on any atom is -0.387 e. The van der Waals surface area contributed by atoms with Crippen LogP contribution in [0, 0.1) is 0 Å². The molecule has 2 aromatic rings. The second-order valence-electron chi connectivity index (χ2n) is 7.66. The first-order chi connectivity index (χ1) is 14.5. The van der Waals surface area contributed by atoms with Crippen LogP contribution in [-0.4, -0.2) is 47.7 Å². The third kappa shape index (κ3) is 4.30. The van der Waals surface area contributed by atoms with Crippen molar-refractivity contribution in [2.75, 3.05) is 19.7 Å². The number of hydrogen-bond donors (Lipinski definition) is 2. The summed E-state index contributed by atoms with van der Waals surface area (Å²) in [5.74, 6) is 0.541. The average Bonchev–Trinajstić information content (AvgIpc) is 3.23. The predicted octanol–water partition coefficient (Wildman–Crippen LogP) is 3.72. The van der Waals surface area contributed by atoms with Crippen molar-refractivity contribution < 1.29 is 14.6 Å². The van der Waals surface area contributed by atoms with Crippen molar-refractivity contribution in [1.29, 1.82) is 0 Å². The number of nitrogens with two attached hydrogens (primary N) is 1. The quantitative estimate of drug-likeness (QED) is 0.742. The number of rotatable bonds is 5. The van der Waals surface area contributed by atoms with Crippen LogP contribution in [0.2, 0.25) is 0 Å². The van der Waals surface area contributed by atoms with Gasteiger partial charge in [0.25, 0.3) is 5.91 Å². The molecule has 0 bridgehead atoms. The molecule has 0 aliphatic carbocycles. The number of aliphatic imine (C=N–C) groups is 1. The zero-order valence-electron chi connectivity index (χ0n) is 17.2. The predicted molar refractivity (Wildman–Crippen MR) is 119 cm³/mol. The molecule has 1 atom stereocenters. The molecule has 0 saturated carbocycles. The van der Waals surface area contributed by atoms with E-state index in [1.54, 1.807) is 0 Å². The van der Waals surface area contributed by atoms with Gasteiger partial charge in [0.2, 0.25) is 0 Å². The number of carbonyl (C=O) groups excluding carboxylic acids is 1. The van der Waals surface area contributed by atoms with Crippen LogP contribution in [0.3, 0.4) is 0 Å². The maximum Gasteiger partial charge on any atom is 0.253 e. The van der Waals surface area contributed by atoms with Crippen molar-refractivity contribution in [3.63, 3.8) is 0 Å². The molecule has 3 N–H and O–H groups in total. The summed E-state index contributed by atoms with van der Waals surface area (Å²) < 4.78 is 5.33. The standard InChI is InChI=1S/C24H27N3O3/c1-2-30-24(29)20-14-19-13-18(9-10-21(19)26-22(25)15-20)16-5-7-17(8-6-16)23(28)27-11-3-4-12-27/h5-10,13-14,24,29H,2-4,11-12,15H2,1H3,(H2,25,26). The zero-order chi connectivity index (χ0) is 21.1. The summed E-state index contributed by atoms with van der Waals surface area (Å²) in [5, 5.41) is 10.3. The molecule has 0 aromatic heterocycles. The SMILES string of the molecule is CCOC(O)C1=Cc2cc(-c3ccc(C(=O)N4CCCC4)cc3)ccc2N=C(N)C1. The van der Waals surface area contributed by atoms with Crippen molar-refractivity contribution in [2.24, 2.45) is 10.7 Å². The van der Waals surface area contributed by atoms with Crippen LogP contribution in [0.5, 0.6) is 0 Å². The van der Waals surface area contributed by atoms with Gasteiger partial charge in [-0.3, -0.25) is 4.79 Å². The van der Waals surface area contributed by atoms with E-state index in [9.17, 15) is 9.90 Å². The molecule has 1 amide bonds. The van der Waals surface area contributed by atoms with Gasteiger partial charge in [0, 0.05) is 37.2 Å². The molecule has 156 valence electrons. The van der Waals surface area contributed by atoms with Crippen LogP contribution in [-0.2, 0) is 4.74 Å². The molecule has 2 aromatic carbocycles. The summed E-state index contributed by atoms with van der Waals surface area (Å²) >= 11 is 0. The smallest absolute Gasteiger partial charge is 0.253 e. The Morgan fingerprint density at radius 2 is 1.87 bits per heavy atom. The Balaban J connectivity index is 1.62. The molecule has 0 radical (unpaired) electrons. The number of amides is 1. The van der Waals surface area contributed by atoms with Gasteiger partial charge in [0.05, 0.1) is 5.69 Å². The lowest BCUT2D eigenvalue weighted by molar-refractivity contribution is -0.0670. The fourth-order valence-corrected chi connectivity index (χ4v) is 3.94. The molecule has 4 rings (SSSR count). The minimum atomic E-state index is -1.01. The number of fused-ring (bicyclic) bond motifs is 1. The normalized spacial score (nSPS) is 17.1. The van der Waals surface area contributed by atoms with E-state index >= 15 is 0 Å². The number of ether oxygens (including phenoxy) is 1. The lowest BCUT2D eigenvalue weighted by atomic mass is 9.99. The van der Waals surface area contributed by atoms with Crippen LogP contribution in [0.25, 0.3) is 17.2 Å². The lowest BCUT2D eigenvalue weighted by Crippen LogP contribution is -2.27. The van der Waals surface area contributed by atoms with Gasteiger partial charge in [0.15, 0.2) is 6.29 Å². The highest BCUT2D eigenvalue weighted by Gasteiger charge is 2.20. The maximum atomic E-state index is 12.6. The molecular formula is C24H27N3O3. The Bertz CT molecular complexity index is 989. The van der Waals surface area contributed by atoms with Gasteiger partial charge >= 0.3 is 0 Å². The first-order valence-corrected chi connectivity index (χ1v) is 10.4. The Labute approximate surface area is 176 Å². The van der Waals surface area contributed by atoms with E-state index in [0.29, 0.717) is 24.4 Å². The molecular weight excluding hydrogens is 378 g/mol. The van der Waals surface area contributed by atoms with Crippen molar-refractivity contribution in [1.82, 2.24) is 4.90 Å². The van der Waals surface area contributed by atoms with E-state index in [4.69, 9.17) is 10.5 Å². The largest absolute Gasteiger partial charge is 0.387 e. The number of nitrogens with zero attached hydrogens (tertiary/aromatic N) is 2. The average molecular weight is 405 g/mol. The highest BCUT2D eigenvalue weighted by molar-refractivity contribution is 5.95. The fraction of sp³-hybridized carbons (Fsp3) is 0.333. The van der Waals surface area contributed by atoms with Gasteiger partial charge < -0.3 is 20.5 Å². The van der Waals surface area contributed by atoms with E-state index in [1.165, 1.54) is 0 Å². The van der Waals surface area contributed by atoms with Gasteiger partial charge in [-0.1, -0.05) is 18.2 Å². The summed E-state index contributed by atoms with van der Waals surface area (Å²) in [4.78, 5) is 19.0. The third-order valence-electron chi connectivity index (χ3n) is 5.52. The first kappa shape index (κ1) is 20.3. The summed E-state index contributed by atoms with van der Waals surface area (Å²) in [7, 11) is 0. The highest BCUT2D eigenvalue weighted by atomic mass is 16.6. The number of benzene rings is 2. The molecule has 1 unspecified atom stereocenters. The van der Waals surface area contributed by atoms with Gasteiger partial charge in [-0.05, 0) is 66.8 Å². The summed E-state index contributed by atoms with van der Waals surface area (Å²) in [6.45, 7) is 3.93. The van der Waals surface area contributed by atoms with Gasteiger partial charge in [-0.15, -0.1) is 0 Å². The number of aliphatic hydroxyl groups excluding tert-OH is 1. The van der Waals surface area contributed by atoms with E-state index in [1.807, 2.05) is 60.4 Å². The summed E-state index contributed by atoms with van der Waals surface area (Å²) in [5.41, 5.74) is 11.1. The van der Waals surface area contributed by atoms with Crippen molar-refractivity contribution in [2.45, 2.75) is 32.5 Å². The zero-order valence-corrected chi connectivity index (χ0v) is 17.2. The minimum absolute atomic E-state index is 0.100. The number of aliphatic hydroxyl groups is 1. The molecule has 6 heteroatoms. The second kappa shape index (κ2) is 8.81. The van der Waals surface area contributed by atoms with Crippen LogP contribution < -0.4 is 5.73 Å². The lowest BCUT2D eigenvalue weighted by Gasteiger charge is -2.15. The van der Waals surface area contributed by atoms with Crippen LogP contribution in [0.4, 0.5) is 5.69 Å². The van der Waals surface area contributed by atoms with Crippen LogP contribution >= 0.6 is 0 Å². The second-order valence-corrected chi connectivity index (χ2v) is 7.66. The first-order valence-electron chi connectivity index (χ1n) is 10.4. The van der Waals surface area contributed by atoms with Crippen molar-refractivity contribution in [3.05, 3.63) is 59.2 Å². The molecule has 1 saturated heterocycles. The van der Waals surface area contributed by atoms with Gasteiger partial charge in [-0.2, -0.15) is 0 Å². The maximum absolute atomic E-state index is 12.6. The van der Waals surface area contributed by atoms with E-state index in [0.717, 1.165) is 53.9 Å². The number of likely N-dealkylation sites (tertiary alicyclic amines) is 1. The third-order valence-corrected chi connectivity index (χ3v) is 5.52. The molecule has 0 spiro atoms.